The van der Waals surface area contributed by atoms with E-state index in [-0.39, 0.29) is 11.7 Å². The van der Waals surface area contributed by atoms with Gasteiger partial charge in [0.1, 0.15) is 11.8 Å². The average molecular weight is 427 g/mol. The number of amides is 1. The van der Waals surface area contributed by atoms with Gasteiger partial charge >= 0.3 is 0 Å². The number of nitrogens with zero attached hydrogens (tertiary/aromatic N) is 4. The number of carbonyl (C=O) groups is 1. The summed E-state index contributed by atoms with van der Waals surface area (Å²) in [5, 5.41) is 4.65. The zero-order valence-electron chi connectivity index (χ0n) is 14.5. The van der Waals surface area contributed by atoms with E-state index in [1.165, 1.54) is 17.7 Å². The van der Waals surface area contributed by atoms with Crippen LogP contribution in [0.1, 0.15) is 21.7 Å². The first-order chi connectivity index (χ1) is 12.8. The molecule has 0 aliphatic carbocycles. The quantitative estimate of drug-likeness (QED) is 0.409. The summed E-state index contributed by atoms with van der Waals surface area (Å²) in [5.41, 5.74) is 7.50. The third-order valence-electron chi connectivity index (χ3n) is 3.69. The van der Waals surface area contributed by atoms with Gasteiger partial charge in [-0.2, -0.15) is 0 Å². The maximum absolute atomic E-state index is 12.4. The van der Waals surface area contributed by atoms with Gasteiger partial charge in [-0.05, 0) is 28.7 Å². The Balaban J connectivity index is 1.53. The number of thiophene rings is 1. The van der Waals surface area contributed by atoms with Gasteiger partial charge in [-0.25, -0.2) is 23.4 Å². The van der Waals surface area contributed by atoms with Gasteiger partial charge in [-0.15, -0.1) is 11.3 Å². The molecule has 1 amide bonds. The van der Waals surface area contributed by atoms with Crippen LogP contribution in [0.5, 0.6) is 0 Å². The van der Waals surface area contributed by atoms with Crippen LogP contribution < -0.4 is 11.1 Å². The minimum atomic E-state index is -3.15. The van der Waals surface area contributed by atoms with Crippen LogP contribution in [0.4, 0.5) is 5.82 Å². The molecular weight excluding hydrogens is 408 g/mol. The van der Waals surface area contributed by atoms with Crippen molar-refractivity contribution in [3.8, 4) is 0 Å². The van der Waals surface area contributed by atoms with Crippen molar-refractivity contribution >= 4 is 53.9 Å². The Morgan fingerprint density at radius 2 is 2.19 bits per heavy atom. The fraction of sp³-hybridized carbons (Fsp3) is 0.333. The zero-order valence-corrected chi connectivity index (χ0v) is 16.9. The second-order valence-corrected chi connectivity index (χ2v) is 11.2. The van der Waals surface area contributed by atoms with Crippen molar-refractivity contribution in [3.63, 3.8) is 0 Å². The van der Waals surface area contributed by atoms with Gasteiger partial charge in [0.05, 0.1) is 11.9 Å². The van der Waals surface area contributed by atoms with Crippen molar-refractivity contribution in [2.24, 2.45) is 0 Å². The molecular formula is C15H18N6O3S3. The average Bonchev–Trinajstić information content (AvgIpc) is 3.24. The summed E-state index contributed by atoms with van der Waals surface area (Å²) in [6, 6.07) is 1.71. The number of fused-ring (bicyclic) bond motifs is 1. The molecule has 3 rings (SSSR count). The summed E-state index contributed by atoms with van der Waals surface area (Å²) in [4.78, 5) is 25.4. The molecule has 3 aromatic heterocycles. The Kier molecular flexibility index (Phi) is 5.97. The monoisotopic (exact) mass is 426 g/mol. The van der Waals surface area contributed by atoms with Crippen LogP contribution in [0.2, 0.25) is 0 Å². The third-order valence-corrected chi connectivity index (χ3v) is 7.26. The molecule has 12 heteroatoms. The molecule has 0 atom stereocenters. The van der Waals surface area contributed by atoms with E-state index in [9.17, 15) is 13.2 Å². The number of carbonyl (C=O) groups excluding carboxylic acids is 1. The molecule has 0 saturated heterocycles. The van der Waals surface area contributed by atoms with Crippen molar-refractivity contribution in [2.45, 2.75) is 18.7 Å². The van der Waals surface area contributed by atoms with Crippen molar-refractivity contribution in [1.82, 2.24) is 24.8 Å². The number of rotatable bonds is 8. The second kappa shape index (κ2) is 8.23. The van der Waals surface area contributed by atoms with E-state index in [4.69, 9.17) is 5.73 Å². The van der Waals surface area contributed by atoms with Crippen LogP contribution >= 0.6 is 22.1 Å². The van der Waals surface area contributed by atoms with Crippen LogP contribution in [0.3, 0.4) is 0 Å². The summed E-state index contributed by atoms with van der Waals surface area (Å²) in [6.07, 6.45) is 4.88. The highest BCUT2D eigenvalue weighted by Crippen LogP contribution is 2.25. The first-order valence-electron chi connectivity index (χ1n) is 7.95. The van der Waals surface area contributed by atoms with Gasteiger partial charge in [-0.3, -0.25) is 4.79 Å². The first-order valence-corrected chi connectivity index (χ1v) is 12.2. The van der Waals surface area contributed by atoms with E-state index in [1.54, 1.807) is 17.8 Å². The van der Waals surface area contributed by atoms with Crippen molar-refractivity contribution in [3.05, 3.63) is 34.5 Å². The minimum Gasteiger partial charge on any atom is -0.382 e. The molecule has 0 unspecified atom stereocenters. The van der Waals surface area contributed by atoms with Crippen molar-refractivity contribution in [1.29, 1.82) is 0 Å². The van der Waals surface area contributed by atoms with Gasteiger partial charge < -0.3 is 15.6 Å². The van der Waals surface area contributed by atoms with Crippen LogP contribution in [-0.2, 0) is 21.2 Å². The lowest BCUT2D eigenvalue weighted by molar-refractivity contribution is 0.0952. The fourth-order valence-electron chi connectivity index (χ4n) is 2.42. The molecule has 0 aromatic carbocycles. The van der Waals surface area contributed by atoms with Gasteiger partial charge in [0.2, 0.25) is 0 Å². The number of aryl methyl sites for hydroxylation is 1. The minimum absolute atomic E-state index is 0.206. The number of aromatic nitrogens is 4. The number of nitrogens with one attached hydrogen (secondary N) is 1. The molecule has 3 heterocycles. The van der Waals surface area contributed by atoms with E-state index in [0.717, 1.165) is 21.9 Å². The summed E-state index contributed by atoms with van der Waals surface area (Å²) in [7, 11) is -2.32. The van der Waals surface area contributed by atoms with Crippen LogP contribution in [0, 0.1) is 0 Å². The highest BCUT2D eigenvalue weighted by Gasteiger charge is 2.15. The van der Waals surface area contributed by atoms with E-state index >= 15 is 0 Å². The smallest absolute Gasteiger partial charge is 0.252 e. The van der Waals surface area contributed by atoms with Crippen LogP contribution in [0.15, 0.2) is 24.1 Å². The van der Waals surface area contributed by atoms with Gasteiger partial charge in [0, 0.05) is 30.0 Å². The largest absolute Gasteiger partial charge is 0.382 e. The lowest BCUT2D eigenvalue weighted by atomic mass is 10.2. The van der Waals surface area contributed by atoms with Crippen LogP contribution in [0.25, 0.3) is 11.2 Å². The Morgan fingerprint density at radius 3 is 2.96 bits per heavy atom. The van der Waals surface area contributed by atoms with Gasteiger partial charge in [0.15, 0.2) is 20.3 Å². The number of hydrogen-bond donors (Lipinski definition) is 2. The van der Waals surface area contributed by atoms with Crippen molar-refractivity contribution < 1.29 is 13.2 Å². The van der Waals surface area contributed by atoms with E-state index in [2.05, 4.69) is 20.3 Å². The number of nitrogens with two attached hydrogens (primary N) is 1. The van der Waals surface area contributed by atoms with Gasteiger partial charge in [-0.1, -0.05) is 0 Å². The molecule has 0 spiro atoms. The molecule has 144 valence electrons. The number of hydrogen-bond acceptors (Lipinski definition) is 9. The summed E-state index contributed by atoms with van der Waals surface area (Å²) in [5.74, 6) is 0.396. The summed E-state index contributed by atoms with van der Waals surface area (Å²) >= 11 is 1.37. The molecule has 0 saturated carbocycles. The SMILES string of the molecule is CS(=O)(=O)SCc1sccc1C(=O)NCCCn1cnc2c(N)ncnc21. The number of imidazole rings is 1. The standard InChI is InChI=1S/C15H18N6O3S3/c1-27(23,24)26-7-11-10(3-6-25-11)15(22)17-4-2-5-21-9-20-12-13(16)18-8-19-14(12)21/h3,6,8-9H,2,4-5,7H2,1H3,(H,17,22)(H2,16,18,19). The zero-order chi connectivity index (χ0) is 19.4. The predicted octanol–water partition coefficient (Wildman–Crippen LogP) is 1.48. The molecule has 0 fully saturated rings. The lowest BCUT2D eigenvalue weighted by Crippen LogP contribution is -2.25. The third kappa shape index (κ3) is 4.96. The Labute approximate surface area is 163 Å². The number of anilines is 1. The van der Waals surface area contributed by atoms with Gasteiger partial charge in [0.25, 0.3) is 5.91 Å². The fourth-order valence-corrected chi connectivity index (χ4v) is 5.23. The second-order valence-electron chi connectivity index (χ2n) is 5.70. The molecule has 3 N–H and O–H groups in total. The summed E-state index contributed by atoms with van der Waals surface area (Å²) < 4.78 is 24.4. The highest BCUT2D eigenvalue weighted by molar-refractivity contribution is 8.71. The number of nitrogen functional groups attached to an aromatic ring is 1. The molecule has 3 aromatic rings. The van der Waals surface area contributed by atoms with Crippen LogP contribution in [-0.4, -0.2) is 46.6 Å². The van der Waals surface area contributed by atoms with E-state index < -0.39 is 8.87 Å². The molecule has 0 radical (unpaired) electrons. The Hall–Kier alpha value is -2.18. The molecule has 9 nitrogen and oxygen atoms in total. The van der Waals surface area contributed by atoms with E-state index in [1.807, 2.05) is 4.57 Å². The lowest BCUT2D eigenvalue weighted by Gasteiger charge is -2.07. The first kappa shape index (κ1) is 19.6. The molecule has 27 heavy (non-hydrogen) atoms. The normalized spacial score (nSPS) is 11.7. The molecule has 0 aliphatic rings. The maximum Gasteiger partial charge on any atom is 0.252 e. The topological polar surface area (TPSA) is 133 Å². The summed E-state index contributed by atoms with van der Waals surface area (Å²) in [6.45, 7) is 1.08. The maximum atomic E-state index is 12.4. The molecule has 0 aliphatic heterocycles. The Bertz CT molecular complexity index is 1060. The molecule has 0 bridgehead atoms. The highest BCUT2D eigenvalue weighted by atomic mass is 33.1. The Morgan fingerprint density at radius 1 is 1.37 bits per heavy atom. The van der Waals surface area contributed by atoms with Crippen molar-refractivity contribution in [2.75, 3.05) is 18.5 Å². The predicted molar refractivity (Wildman–Crippen MR) is 107 cm³/mol. The van der Waals surface area contributed by atoms with E-state index in [0.29, 0.717) is 42.1 Å².